The van der Waals surface area contributed by atoms with Crippen molar-refractivity contribution >= 4 is 22.8 Å². The molecule has 1 aromatic rings. The first-order valence-electron chi connectivity index (χ1n) is 4.08. The van der Waals surface area contributed by atoms with Gasteiger partial charge in [-0.1, -0.05) is 0 Å². The third-order valence-corrected chi connectivity index (χ3v) is 1.51. The third kappa shape index (κ3) is 3.59. The highest BCUT2D eigenvalue weighted by atomic mass is 35.5. The van der Waals surface area contributed by atoms with Gasteiger partial charge in [-0.2, -0.15) is 0 Å². The molecule has 0 saturated carbocycles. The van der Waals surface area contributed by atoms with E-state index in [1.165, 1.54) is 6.07 Å². The van der Waals surface area contributed by atoms with Gasteiger partial charge in [0, 0.05) is 0 Å². The van der Waals surface area contributed by atoms with Crippen LogP contribution in [0.15, 0.2) is 10.6 Å². The van der Waals surface area contributed by atoms with Crippen molar-refractivity contribution in [2.75, 3.05) is 13.2 Å². The Hall–Kier alpha value is -1.56. The van der Waals surface area contributed by atoms with Crippen molar-refractivity contribution < 1.29 is 23.6 Å². The van der Waals surface area contributed by atoms with Crippen LogP contribution in [0, 0.1) is 0 Å². The minimum absolute atomic E-state index is 0.00653. The average molecular weight is 234 g/mol. The summed E-state index contributed by atoms with van der Waals surface area (Å²) in [5.74, 6) is -0.665. The second-order valence-electron chi connectivity index (χ2n) is 2.40. The smallest absolute Gasteiger partial charge is 0.344 e. The first-order valence-corrected chi connectivity index (χ1v) is 4.46. The molecular formula is C8H8ClNO5. The summed E-state index contributed by atoms with van der Waals surface area (Å²) in [4.78, 5) is 21.4. The maximum atomic E-state index is 10.9. The molecule has 15 heavy (non-hydrogen) atoms. The minimum Gasteiger partial charge on any atom is -0.463 e. The molecule has 0 aliphatic heterocycles. The summed E-state index contributed by atoms with van der Waals surface area (Å²) in [6.07, 6.45) is 0. The fourth-order valence-corrected chi connectivity index (χ4v) is 0.844. The highest BCUT2D eigenvalue weighted by molar-refractivity contribution is 6.67. The van der Waals surface area contributed by atoms with Crippen LogP contribution in [0.2, 0.25) is 0 Å². The Labute approximate surface area is 90.1 Å². The molecule has 0 bridgehead atoms. The van der Waals surface area contributed by atoms with E-state index in [9.17, 15) is 9.59 Å². The molecule has 1 heterocycles. The van der Waals surface area contributed by atoms with E-state index in [1.807, 2.05) is 0 Å². The quantitative estimate of drug-likeness (QED) is 0.558. The van der Waals surface area contributed by atoms with E-state index in [0.717, 1.165) is 0 Å². The number of nitrogens with zero attached hydrogens (tertiary/aromatic N) is 1. The maximum Gasteiger partial charge on any atom is 0.344 e. The van der Waals surface area contributed by atoms with E-state index < -0.39 is 11.2 Å². The molecule has 0 spiro atoms. The number of carbonyl (C=O) groups excluding carboxylic acids is 2. The monoisotopic (exact) mass is 233 g/mol. The molecule has 6 nitrogen and oxygen atoms in total. The Kier molecular flexibility index (Phi) is 4.11. The molecule has 82 valence electrons. The van der Waals surface area contributed by atoms with Gasteiger partial charge < -0.3 is 14.0 Å². The van der Waals surface area contributed by atoms with E-state index in [2.05, 4.69) is 14.4 Å². The van der Waals surface area contributed by atoms with Gasteiger partial charge in [0.2, 0.25) is 5.76 Å². The van der Waals surface area contributed by atoms with Crippen molar-refractivity contribution in [2.45, 2.75) is 6.92 Å². The van der Waals surface area contributed by atoms with Crippen LogP contribution in [-0.4, -0.2) is 29.6 Å². The van der Waals surface area contributed by atoms with Crippen molar-refractivity contribution in [3.05, 3.63) is 11.8 Å². The van der Waals surface area contributed by atoms with Crippen LogP contribution in [0.5, 0.6) is 5.88 Å². The standard InChI is InChI=1S/C8H8ClNO5/c1-2-13-7(11)4-14-6-3-5(8(9)12)15-10-6/h3H,2,4H2,1H3. The number of hydrogen-bond acceptors (Lipinski definition) is 6. The lowest BCUT2D eigenvalue weighted by molar-refractivity contribution is -0.145. The first kappa shape index (κ1) is 11.5. The van der Waals surface area contributed by atoms with Crippen LogP contribution in [0.1, 0.15) is 17.5 Å². The molecule has 1 aromatic heterocycles. The van der Waals surface area contributed by atoms with Gasteiger partial charge in [-0.3, -0.25) is 4.79 Å². The summed E-state index contributed by atoms with van der Waals surface area (Å²) >= 11 is 5.11. The summed E-state index contributed by atoms with van der Waals surface area (Å²) in [5, 5.41) is 2.58. The van der Waals surface area contributed by atoms with Crippen molar-refractivity contribution in [3.63, 3.8) is 0 Å². The summed E-state index contributed by atoms with van der Waals surface area (Å²) in [6.45, 7) is 1.65. The van der Waals surface area contributed by atoms with Gasteiger partial charge >= 0.3 is 5.97 Å². The van der Waals surface area contributed by atoms with Crippen molar-refractivity contribution in [1.82, 2.24) is 5.16 Å². The molecule has 0 unspecified atom stereocenters. The molecule has 0 amide bonds. The fraction of sp³-hybridized carbons (Fsp3) is 0.375. The zero-order valence-electron chi connectivity index (χ0n) is 7.86. The largest absolute Gasteiger partial charge is 0.463 e. The van der Waals surface area contributed by atoms with Crippen LogP contribution in [0.25, 0.3) is 0 Å². The Balaban J connectivity index is 2.44. The van der Waals surface area contributed by atoms with Crippen LogP contribution in [0.4, 0.5) is 0 Å². The van der Waals surface area contributed by atoms with Crippen molar-refractivity contribution in [2.24, 2.45) is 0 Å². The Bertz CT molecular complexity index is 362. The van der Waals surface area contributed by atoms with Gasteiger partial charge in [-0.15, -0.1) is 0 Å². The number of halogens is 1. The first-order chi connectivity index (χ1) is 7.13. The van der Waals surface area contributed by atoms with E-state index in [1.54, 1.807) is 6.92 Å². The SMILES string of the molecule is CCOC(=O)COc1cc(C(=O)Cl)on1. The highest BCUT2D eigenvalue weighted by Gasteiger charge is 2.12. The average Bonchev–Trinajstić information content (AvgIpc) is 2.63. The number of carbonyl (C=O) groups is 2. The zero-order valence-corrected chi connectivity index (χ0v) is 8.61. The second-order valence-corrected chi connectivity index (χ2v) is 2.74. The molecule has 0 fully saturated rings. The summed E-state index contributed by atoms with van der Waals surface area (Å²) in [7, 11) is 0. The molecule has 0 aliphatic rings. The van der Waals surface area contributed by atoms with Gasteiger partial charge in [0.25, 0.3) is 11.1 Å². The molecule has 7 heteroatoms. The summed E-state index contributed by atoms with van der Waals surface area (Å²) in [5.41, 5.74) is 0. The Morgan fingerprint density at radius 2 is 2.33 bits per heavy atom. The van der Waals surface area contributed by atoms with Gasteiger partial charge in [0.1, 0.15) is 0 Å². The number of esters is 1. The number of ether oxygens (including phenoxy) is 2. The van der Waals surface area contributed by atoms with Crippen molar-refractivity contribution in [3.8, 4) is 5.88 Å². The molecule has 0 aliphatic carbocycles. The molecule has 0 saturated heterocycles. The number of hydrogen-bond donors (Lipinski definition) is 0. The summed E-state index contributed by atoms with van der Waals surface area (Å²) < 4.78 is 14.0. The lowest BCUT2D eigenvalue weighted by Gasteiger charge is -2.00. The van der Waals surface area contributed by atoms with Crippen molar-refractivity contribution in [1.29, 1.82) is 0 Å². The predicted molar refractivity (Wildman–Crippen MR) is 48.8 cm³/mol. The third-order valence-electron chi connectivity index (χ3n) is 1.33. The summed E-state index contributed by atoms with van der Waals surface area (Å²) in [6, 6.07) is 1.19. The van der Waals surface area contributed by atoms with Gasteiger partial charge in [-0.25, -0.2) is 4.79 Å². The predicted octanol–water partition coefficient (Wildman–Crippen LogP) is 0.996. The normalized spacial score (nSPS) is 9.73. The maximum absolute atomic E-state index is 10.9. The Morgan fingerprint density at radius 3 is 2.87 bits per heavy atom. The Morgan fingerprint density at radius 1 is 1.60 bits per heavy atom. The van der Waals surface area contributed by atoms with E-state index >= 15 is 0 Å². The highest BCUT2D eigenvalue weighted by Crippen LogP contribution is 2.12. The topological polar surface area (TPSA) is 78.6 Å². The van der Waals surface area contributed by atoms with Gasteiger partial charge in [0.15, 0.2) is 6.61 Å². The minimum atomic E-state index is -0.784. The molecule has 0 aromatic carbocycles. The number of aromatic nitrogens is 1. The molecule has 0 radical (unpaired) electrons. The second kappa shape index (κ2) is 5.35. The van der Waals surface area contributed by atoms with Crippen LogP contribution in [0.3, 0.4) is 0 Å². The number of rotatable bonds is 5. The lowest BCUT2D eigenvalue weighted by atomic mass is 10.5. The van der Waals surface area contributed by atoms with E-state index in [4.69, 9.17) is 16.3 Å². The van der Waals surface area contributed by atoms with Gasteiger partial charge in [-0.05, 0) is 23.7 Å². The fourth-order valence-electron chi connectivity index (χ4n) is 0.755. The van der Waals surface area contributed by atoms with Gasteiger partial charge in [0.05, 0.1) is 12.7 Å². The van der Waals surface area contributed by atoms with Crippen LogP contribution >= 0.6 is 11.6 Å². The molecular weight excluding hydrogens is 226 g/mol. The molecule has 0 N–H and O–H groups in total. The molecule has 1 rings (SSSR count). The van der Waals surface area contributed by atoms with Crippen LogP contribution in [-0.2, 0) is 9.53 Å². The zero-order chi connectivity index (χ0) is 11.3. The molecule has 0 atom stereocenters. The van der Waals surface area contributed by atoms with Crippen LogP contribution < -0.4 is 4.74 Å². The lowest BCUT2D eigenvalue weighted by Crippen LogP contribution is -2.14. The van der Waals surface area contributed by atoms with E-state index in [-0.39, 0.29) is 24.9 Å². The van der Waals surface area contributed by atoms with E-state index in [0.29, 0.717) is 0 Å².